The lowest BCUT2D eigenvalue weighted by atomic mass is 9.92. The van der Waals surface area contributed by atoms with Gasteiger partial charge in [-0.2, -0.15) is 0 Å². The molecule has 1 fully saturated rings. The highest BCUT2D eigenvalue weighted by Crippen LogP contribution is 2.34. The van der Waals surface area contributed by atoms with E-state index in [1.54, 1.807) is 6.33 Å². The lowest BCUT2D eigenvalue weighted by Gasteiger charge is -2.36. The first-order valence-electron chi connectivity index (χ1n) is 8.49. The molecule has 4 heteroatoms. The summed E-state index contributed by atoms with van der Waals surface area (Å²) in [4.78, 5) is 11.7. The molecule has 2 atom stereocenters. The first kappa shape index (κ1) is 14.5. The molecule has 4 rings (SSSR count). The summed E-state index contributed by atoms with van der Waals surface area (Å²) in [5.41, 5.74) is 4.73. The second-order valence-corrected chi connectivity index (χ2v) is 7.33. The van der Waals surface area contributed by atoms with Crippen LogP contribution in [-0.4, -0.2) is 27.6 Å². The summed E-state index contributed by atoms with van der Waals surface area (Å²) >= 11 is 0. The van der Waals surface area contributed by atoms with E-state index in [0.29, 0.717) is 11.8 Å². The minimum absolute atomic E-state index is 0.709. The Balaban J connectivity index is 1.96. The standard InChI is InChI=1S/C19H24N4/c1-12-5-6-16-15(8-12)17-18(22(16)4)19(21-11-20-17)23-9-13(2)7-14(3)10-23/h5-6,8,11,13-14H,7,9-10H2,1-4H3/t13-,14-/m0/s1. The van der Waals surface area contributed by atoms with Crippen LogP contribution in [0.15, 0.2) is 24.5 Å². The fourth-order valence-corrected chi connectivity index (χ4v) is 4.20. The molecule has 1 aliphatic heterocycles. The number of rotatable bonds is 1. The van der Waals surface area contributed by atoms with Crippen LogP contribution in [0, 0.1) is 18.8 Å². The molecule has 120 valence electrons. The Hall–Kier alpha value is -2.10. The van der Waals surface area contributed by atoms with Crippen LogP contribution >= 0.6 is 0 Å². The molecular weight excluding hydrogens is 284 g/mol. The molecule has 3 heterocycles. The molecule has 0 N–H and O–H groups in total. The molecule has 2 aromatic heterocycles. The van der Waals surface area contributed by atoms with Crippen molar-refractivity contribution in [2.24, 2.45) is 18.9 Å². The average Bonchev–Trinajstić information content (AvgIpc) is 2.79. The summed E-state index contributed by atoms with van der Waals surface area (Å²) in [5, 5.41) is 1.23. The Bertz CT molecular complexity index is 870. The highest BCUT2D eigenvalue weighted by atomic mass is 15.2. The van der Waals surface area contributed by atoms with Crippen molar-refractivity contribution in [3.63, 3.8) is 0 Å². The quantitative estimate of drug-likeness (QED) is 0.683. The Morgan fingerprint density at radius 1 is 1.09 bits per heavy atom. The number of aromatic nitrogens is 3. The van der Waals surface area contributed by atoms with Gasteiger partial charge in [0.05, 0.1) is 5.52 Å². The van der Waals surface area contributed by atoms with Crippen molar-refractivity contribution in [3.05, 3.63) is 30.1 Å². The SMILES string of the molecule is Cc1ccc2c(c1)c1ncnc(N3C[C@@H](C)C[C@H](C)C3)c1n2C. The number of piperidine rings is 1. The Morgan fingerprint density at radius 3 is 2.57 bits per heavy atom. The number of benzene rings is 1. The summed E-state index contributed by atoms with van der Waals surface area (Å²) in [6.07, 6.45) is 3.03. The van der Waals surface area contributed by atoms with Crippen molar-refractivity contribution in [1.29, 1.82) is 0 Å². The van der Waals surface area contributed by atoms with E-state index >= 15 is 0 Å². The summed E-state index contributed by atoms with van der Waals surface area (Å²) in [6.45, 7) is 8.97. The van der Waals surface area contributed by atoms with Crippen molar-refractivity contribution in [2.75, 3.05) is 18.0 Å². The van der Waals surface area contributed by atoms with E-state index in [4.69, 9.17) is 0 Å². The second kappa shape index (κ2) is 5.22. The number of anilines is 1. The van der Waals surface area contributed by atoms with Crippen LogP contribution in [0.4, 0.5) is 5.82 Å². The fraction of sp³-hybridized carbons (Fsp3) is 0.474. The molecule has 0 bridgehead atoms. The van der Waals surface area contributed by atoms with E-state index in [9.17, 15) is 0 Å². The van der Waals surface area contributed by atoms with Gasteiger partial charge in [0.1, 0.15) is 17.4 Å². The summed E-state index contributed by atoms with van der Waals surface area (Å²) in [6, 6.07) is 6.59. The monoisotopic (exact) mass is 308 g/mol. The van der Waals surface area contributed by atoms with Crippen LogP contribution in [0.1, 0.15) is 25.8 Å². The van der Waals surface area contributed by atoms with Crippen LogP contribution in [0.3, 0.4) is 0 Å². The summed E-state index contributed by atoms with van der Waals surface area (Å²) < 4.78 is 2.25. The van der Waals surface area contributed by atoms with E-state index in [2.05, 4.69) is 65.5 Å². The van der Waals surface area contributed by atoms with E-state index in [1.807, 2.05) is 0 Å². The Kier molecular flexibility index (Phi) is 3.29. The average molecular weight is 308 g/mol. The summed E-state index contributed by atoms with van der Waals surface area (Å²) in [5.74, 6) is 2.51. The topological polar surface area (TPSA) is 34.0 Å². The van der Waals surface area contributed by atoms with Gasteiger partial charge < -0.3 is 9.47 Å². The van der Waals surface area contributed by atoms with Gasteiger partial charge in [-0.15, -0.1) is 0 Å². The smallest absolute Gasteiger partial charge is 0.156 e. The normalized spacial score (nSPS) is 22.2. The molecule has 0 unspecified atom stereocenters. The molecule has 3 aromatic rings. The Morgan fingerprint density at radius 2 is 1.83 bits per heavy atom. The third-order valence-electron chi connectivity index (χ3n) is 5.08. The van der Waals surface area contributed by atoms with Gasteiger partial charge in [0.15, 0.2) is 5.82 Å². The molecular formula is C19H24N4. The van der Waals surface area contributed by atoms with Crippen LogP contribution in [-0.2, 0) is 7.05 Å². The van der Waals surface area contributed by atoms with E-state index in [-0.39, 0.29) is 0 Å². The predicted octanol–water partition coefficient (Wildman–Crippen LogP) is 3.91. The maximum atomic E-state index is 4.67. The van der Waals surface area contributed by atoms with Crippen LogP contribution < -0.4 is 4.90 Å². The van der Waals surface area contributed by atoms with Crippen molar-refractivity contribution in [1.82, 2.24) is 14.5 Å². The first-order valence-corrected chi connectivity index (χ1v) is 8.49. The molecule has 0 saturated carbocycles. The molecule has 1 saturated heterocycles. The number of fused-ring (bicyclic) bond motifs is 3. The number of hydrogen-bond donors (Lipinski definition) is 0. The van der Waals surface area contributed by atoms with E-state index in [0.717, 1.165) is 29.9 Å². The third kappa shape index (κ3) is 2.28. The van der Waals surface area contributed by atoms with Gasteiger partial charge in [0.25, 0.3) is 0 Å². The molecule has 1 aromatic carbocycles. The maximum Gasteiger partial charge on any atom is 0.156 e. The van der Waals surface area contributed by atoms with Gasteiger partial charge in [-0.3, -0.25) is 0 Å². The van der Waals surface area contributed by atoms with Gasteiger partial charge in [0.2, 0.25) is 0 Å². The molecule has 1 aliphatic rings. The largest absolute Gasteiger partial charge is 0.354 e. The fourth-order valence-electron chi connectivity index (χ4n) is 4.20. The number of hydrogen-bond acceptors (Lipinski definition) is 3. The highest BCUT2D eigenvalue weighted by Gasteiger charge is 2.25. The molecule has 0 spiro atoms. The van der Waals surface area contributed by atoms with Crippen molar-refractivity contribution >= 4 is 27.8 Å². The molecule has 23 heavy (non-hydrogen) atoms. The van der Waals surface area contributed by atoms with Crippen LogP contribution in [0.5, 0.6) is 0 Å². The zero-order valence-corrected chi connectivity index (χ0v) is 14.4. The van der Waals surface area contributed by atoms with Crippen molar-refractivity contribution in [3.8, 4) is 0 Å². The minimum Gasteiger partial charge on any atom is -0.354 e. The van der Waals surface area contributed by atoms with Gasteiger partial charge in [-0.05, 0) is 37.3 Å². The molecule has 4 nitrogen and oxygen atoms in total. The van der Waals surface area contributed by atoms with Crippen molar-refractivity contribution in [2.45, 2.75) is 27.2 Å². The van der Waals surface area contributed by atoms with Gasteiger partial charge in [-0.1, -0.05) is 25.5 Å². The van der Waals surface area contributed by atoms with E-state index < -0.39 is 0 Å². The maximum absolute atomic E-state index is 4.67. The van der Waals surface area contributed by atoms with Gasteiger partial charge in [-0.25, -0.2) is 9.97 Å². The lowest BCUT2D eigenvalue weighted by Crippen LogP contribution is -2.39. The third-order valence-corrected chi connectivity index (χ3v) is 5.08. The zero-order chi connectivity index (χ0) is 16.1. The van der Waals surface area contributed by atoms with Gasteiger partial charge in [0, 0.05) is 25.5 Å². The minimum atomic E-state index is 0.709. The zero-order valence-electron chi connectivity index (χ0n) is 14.4. The molecule has 0 radical (unpaired) electrons. The molecule has 0 aliphatic carbocycles. The van der Waals surface area contributed by atoms with Crippen molar-refractivity contribution < 1.29 is 0 Å². The first-order chi connectivity index (χ1) is 11.0. The van der Waals surface area contributed by atoms with E-state index in [1.165, 1.54) is 22.9 Å². The van der Waals surface area contributed by atoms with Crippen LogP contribution in [0.2, 0.25) is 0 Å². The molecule has 0 amide bonds. The summed E-state index contributed by atoms with van der Waals surface area (Å²) in [7, 11) is 2.13. The lowest BCUT2D eigenvalue weighted by molar-refractivity contribution is 0.355. The second-order valence-electron chi connectivity index (χ2n) is 7.33. The highest BCUT2D eigenvalue weighted by molar-refractivity contribution is 6.09. The Labute approximate surface area is 137 Å². The number of nitrogens with zero attached hydrogens (tertiary/aromatic N) is 4. The van der Waals surface area contributed by atoms with Gasteiger partial charge >= 0.3 is 0 Å². The number of aryl methyl sites for hydroxylation is 2. The van der Waals surface area contributed by atoms with Crippen LogP contribution in [0.25, 0.3) is 21.9 Å². The predicted molar refractivity (Wildman–Crippen MR) is 95.9 cm³/mol.